The minimum absolute atomic E-state index is 0.151. The molecule has 4 aromatic rings. The Morgan fingerprint density at radius 1 is 0.926 bits per heavy atom. The normalized spacial score (nSPS) is 11.0. The van der Waals surface area contributed by atoms with Gasteiger partial charge in [-0.15, -0.1) is 0 Å². The lowest BCUT2D eigenvalue weighted by molar-refractivity contribution is 0.475. The van der Waals surface area contributed by atoms with E-state index in [1.807, 2.05) is 25.1 Å². The zero-order chi connectivity index (χ0) is 19.1. The van der Waals surface area contributed by atoms with Crippen molar-refractivity contribution in [3.05, 3.63) is 87.1 Å². The number of aromatic nitrogens is 2. The third kappa shape index (κ3) is 2.83. The van der Waals surface area contributed by atoms with E-state index in [0.717, 1.165) is 22.1 Å². The van der Waals surface area contributed by atoms with E-state index in [4.69, 9.17) is 0 Å². The molecule has 0 amide bonds. The minimum Gasteiger partial charge on any atom is -0.508 e. The number of nitrogens with one attached hydrogen (secondary N) is 1. The second kappa shape index (κ2) is 6.29. The Morgan fingerprint density at radius 3 is 2.37 bits per heavy atom. The van der Waals surface area contributed by atoms with Gasteiger partial charge in [0.1, 0.15) is 5.75 Å². The Hall–Kier alpha value is -3.60. The molecule has 5 nitrogen and oxygen atoms in total. The summed E-state index contributed by atoms with van der Waals surface area (Å²) in [5.74, 6) is 0.151. The number of fused-ring (bicyclic) bond motifs is 1. The number of benzene rings is 2. The highest BCUT2D eigenvalue weighted by atomic mass is 16.3. The molecule has 27 heavy (non-hydrogen) atoms. The van der Waals surface area contributed by atoms with Crippen LogP contribution in [-0.2, 0) is 7.05 Å². The highest BCUT2D eigenvalue weighted by molar-refractivity contribution is 5.96. The molecule has 0 radical (unpaired) electrons. The van der Waals surface area contributed by atoms with Gasteiger partial charge in [0.05, 0.1) is 5.52 Å². The molecule has 0 aliphatic heterocycles. The lowest BCUT2D eigenvalue weighted by Gasteiger charge is -2.14. The summed E-state index contributed by atoms with van der Waals surface area (Å²) in [6.07, 6.45) is 1.59. The van der Waals surface area contributed by atoms with Crippen LogP contribution in [-0.4, -0.2) is 14.7 Å². The lowest BCUT2D eigenvalue weighted by atomic mass is 9.97. The molecular weight excluding hydrogens is 340 g/mol. The van der Waals surface area contributed by atoms with Gasteiger partial charge in [0.15, 0.2) is 0 Å². The number of hydrogen-bond donors (Lipinski definition) is 2. The van der Waals surface area contributed by atoms with Crippen molar-refractivity contribution in [2.75, 3.05) is 0 Å². The van der Waals surface area contributed by atoms with E-state index < -0.39 is 0 Å². The molecule has 0 aliphatic rings. The predicted octanol–water partition coefficient (Wildman–Crippen LogP) is 3.57. The van der Waals surface area contributed by atoms with E-state index >= 15 is 0 Å². The van der Waals surface area contributed by atoms with E-state index in [2.05, 4.69) is 4.98 Å². The maximum absolute atomic E-state index is 13.0. The van der Waals surface area contributed by atoms with Gasteiger partial charge in [-0.3, -0.25) is 9.59 Å². The fraction of sp³-hybridized carbons (Fsp3) is 0.0909. The maximum Gasteiger partial charge on any atom is 0.258 e. The lowest BCUT2D eigenvalue weighted by Crippen LogP contribution is -2.20. The maximum atomic E-state index is 13.0. The van der Waals surface area contributed by atoms with Crippen molar-refractivity contribution in [2.45, 2.75) is 6.92 Å². The molecule has 0 atom stereocenters. The van der Waals surface area contributed by atoms with Crippen LogP contribution in [0.2, 0.25) is 0 Å². The molecule has 2 aromatic heterocycles. The first-order valence-corrected chi connectivity index (χ1v) is 8.57. The number of hydrogen-bond acceptors (Lipinski definition) is 3. The van der Waals surface area contributed by atoms with Gasteiger partial charge < -0.3 is 14.7 Å². The van der Waals surface area contributed by atoms with Crippen LogP contribution < -0.4 is 11.1 Å². The summed E-state index contributed by atoms with van der Waals surface area (Å²) >= 11 is 0. The van der Waals surface area contributed by atoms with E-state index in [9.17, 15) is 14.7 Å². The number of aromatic amines is 1. The van der Waals surface area contributed by atoms with Crippen LogP contribution in [0.25, 0.3) is 33.2 Å². The van der Waals surface area contributed by atoms with Crippen molar-refractivity contribution in [1.82, 2.24) is 9.55 Å². The van der Waals surface area contributed by atoms with Gasteiger partial charge in [-0.25, -0.2) is 0 Å². The molecule has 2 N–H and O–H groups in total. The molecule has 2 aromatic carbocycles. The number of nitrogens with zero attached hydrogens (tertiary/aromatic N) is 1. The van der Waals surface area contributed by atoms with Gasteiger partial charge in [-0.05, 0) is 65.9 Å². The van der Waals surface area contributed by atoms with E-state index in [1.165, 1.54) is 0 Å². The second-order valence-corrected chi connectivity index (χ2v) is 6.63. The van der Waals surface area contributed by atoms with Gasteiger partial charge in [0, 0.05) is 29.9 Å². The third-order valence-corrected chi connectivity index (χ3v) is 4.74. The van der Waals surface area contributed by atoms with Crippen LogP contribution in [0.3, 0.4) is 0 Å². The van der Waals surface area contributed by atoms with E-state index in [-0.39, 0.29) is 16.9 Å². The van der Waals surface area contributed by atoms with Crippen molar-refractivity contribution in [3.8, 4) is 28.0 Å². The average molecular weight is 358 g/mol. The number of phenolic OH excluding ortho intramolecular Hbond substituents is 1. The Morgan fingerprint density at radius 2 is 1.67 bits per heavy atom. The van der Waals surface area contributed by atoms with E-state index in [1.54, 1.807) is 54.2 Å². The monoisotopic (exact) mass is 358 g/mol. The van der Waals surface area contributed by atoms with Crippen molar-refractivity contribution in [3.63, 3.8) is 0 Å². The molecule has 0 aliphatic carbocycles. The molecule has 134 valence electrons. The van der Waals surface area contributed by atoms with Crippen molar-refractivity contribution in [2.24, 2.45) is 7.05 Å². The van der Waals surface area contributed by atoms with Gasteiger partial charge >= 0.3 is 0 Å². The zero-order valence-electron chi connectivity index (χ0n) is 15.0. The van der Waals surface area contributed by atoms with Crippen LogP contribution in [0.5, 0.6) is 5.75 Å². The summed E-state index contributed by atoms with van der Waals surface area (Å²) in [6.45, 7) is 1.96. The number of aryl methyl sites for hydroxylation is 2. The Bertz CT molecular complexity index is 1280. The Balaban J connectivity index is 2.09. The summed E-state index contributed by atoms with van der Waals surface area (Å²) in [7, 11) is 1.71. The SMILES string of the molecule is Cc1cc(-c2ccc[nH]c2=O)c2c(c1)cc(-c1ccc(O)cc1)c(=O)n2C. The molecule has 0 unspecified atom stereocenters. The van der Waals surface area contributed by atoms with E-state index in [0.29, 0.717) is 16.6 Å². The molecular formula is C22H18N2O3. The minimum atomic E-state index is -0.195. The van der Waals surface area contributed by atoms with Crippen LogP contribution in [0.15, 0.2) is 70.4 Å². The van der Waals surface area contributed by atoms with Crippen LogP contribution in [0.1, 0.15) is 5.56 Å². The number of rotatable bonds is 2. The van der Waals surface area contributed by atoms with Gasteiger partial charge in [0.25, 0.3) is 11.1 Å². The quantitative estimate of drug-likeness (QED) is 0.575. The molecule has 0 spiro atoms. The van der Waals surface area contributed by atoms with Gasteiger partial charge in [0.2, 0.25) is 0 Å². The summed E-state index contributed by atoms with van der Waals surface area (Å²) in [4.78, 5) is 28.1. The topological polar surface area (TPSA) is 75.1 Å². The standard InChI is InChI=1S/C22H18N2O3/c1-13-10-15-12-18(14-5-7-16(25)8-6-14)22(27)24(2)20(15)19(11-13)17-4-3-9-23-21(17)26/h3-12,25H,1-2H3,(H,23,26). The Labute approximate surface area is 155 Å². The first-order chi connectivity index (χ1) is 13.0. The van der Waals surface area contributed by atoms with Gasteiger partial charge in [-0.2, -0.15) is 0 Å². The first-order valence-electron chi connectivity index (χ1n) is 8.57. The smallest absolute Gasteiger partial charge is 0.258 e. The Kier molecular flexibility index (Phi) is 3.92. The number of aromatic hydroxyl groups is 1. The fourth-order valence-electron chi connectivity index (χ4n) is 3.48. The molecule has 5 heteroatoms. The van der Waals surface area contributed by atoms with Crippen LogP contribution in [0, 0.1) is 6.92 Å². The number of H-pyrrole nitrogens is 1. The highest BCUT2D eigenvalue weighted by Gasteiger charge is 2.15. The van der Waals surface area contributed by atoms with Crippen LogP contribution in [0.4, 0.5) is 0 Å². The summed E-state index contributed by atoms with van der Waals surface area (Å²) < 4.78 is 1.58. The fourth-order valence-corrected chi connectivity index (χ4v) is 3.48. The molecule has 0 saturated heterocycles. The second-order valence-electron chi connectivity index (χ2n) is 6.63. The summed E-state index contributed by atoms with van der Waals surface area (Å²) in [5, 5.41) is 10.4. The first kappa shape index (κ1) is 16.8. The van der Waals surface area contributed by atoms with Crippen molar-refractivity contribution in [1.29, 1.82) is 0 Å². The van der Waals surface area contributed by atoms with Crippen molar-refractivity contribution < 1.29 is 5.11 Å². The molecule has 4 rings (SSSR count). The number of phenols is 1. The zero-order valence-corrected chi connectivity index (χ0v) is 15.0. The molecule has 0 fully saturated rings. The summed E-state index contributed by atoms with van der Waals surface area (Å²) in [5.41, 5.74) is 3.88. The highest BCUT2D eigenvalue weighted by Crippen LogP contribution is 2.30. The van der Waals surface area contributed by atoms with Gasteiger partial charge in [-0.1, -0.05) is 12.1 Å². The number of pyridine rings is 2. The van der Waals surface area contributed by atoms with Crippen molar-refractivity contribution >= 4 is 10.9 Å². The third-order valence-electron chi connectivity index (χ3n) is 4.74. The predicted molar refractivity (Wildman–Crippen MR) is 107 cm³/mol. The summed E-state index contributed by atoms with van der Waals surface area (Å²) in [6, 6.07) is 15.9. The average Bonchev–Trinajstić information content (AvgIpc) is 2.65. The molecule has 2 heterocycles. The molecule has 0 bridgehead atoms. The van der Waals surface area contributed by atoms with Crippen LogP contribution >= 0.6 is 0 Å². The molecule has 0 saturated carbocycles. The largest absolute Gasteiger partial charge is 0.508 e.